The number of hydrogen-bond donors (Lipinski definition) is 2. The van der Waals surface area contributed by atoms with Crippen LogP contribution in [-0.4, -0.2) is 10.9 Å². The molecule has 2 heterocycles. The molecule has 10 heteroatoms. The number of halogens is 5. The maximum atomic E-state index is 13.3. The summed E-state index contributed by atoms with van der Waals surface area (Å²) in [6.45, 7) is 0. The van der Waals surface area contributed by atoms with Gasteiger partial charge in [0.2, 0.25) is 0 Å². The summed E-state index contributed by atoms with van der Waals surface area (Å²) in [5.41, 5.74) is 4.36. The van der Waals surface area contributed by atoms with Crippen LogP contribution >= 0.6 is 22.9 Å². The maximum Gasteiger partial charge on any atom is 0.419 e. The van der Waals surface area contributed by atoms with E-state index in [9.17, 15) is 22.4 Å². The predicted molar refractivity (Wildman–Crippen MR) is 88.4 cm³/mol. The van der Waals surface area contributed by atoms with Gasteiger partial charge in [-0.15, -0.1) is 11.3 Å². The Bertz CT molecular complexity index is 987. The van der Waals surface area contributed by atoms with Gasteiger partial charge in [-0.1, -0.05) is 11.6 Å². The van der Waals surface area contributed by atoms with Gasteiger partial charge in [0.05, 0.1) is 11.3 Å². The van der Waals surface area contributed by atoms with Crippen molar-refractivity contribution in [1.82, 2.24) is 4.98 Å². The van der Waals surface area contributed by atoms with Crippen LogP contribution in [-0.2, 0) is 6.18 Å². The molecule has 4 nitrogen and oxygen atoms in total. The largest absolute Gasteiger partial charge is 0.419 e. The second-order valence-electron chi connectivity index (χ2n) is 4.99. The highest BCUT2D eigenvalue weighted by Crippen LogP contribution is 2.36. The zero-order valence-electron chi connectivity index (χ0n) is 12.1. The first-order valence-electron chi connectivity index (χ1n) is 6.68. The SMILES string of the molecule is Nc1c(C(=O)Nc2ccc(F)c(C(F)(F)F)c2)sc2cc(Cl)ncc12. The van der Waals surface area contributed by atoms with E-state index in [0.29, 0.717) is 22.2 Å². The Morgan fingerprint density at radius 3 is 2.68 bits per heavy atom. The lowest BCUT2D eigenvalue weighted by molar-refractivity contribution is -0.139. The van der Waals surface area contributed by atoms with Crippen LogP contribution in [0.3, 0.4) is 0 Å². The molecule has 1 amide bonds. The number of alkyl halides is 3. The van der Waals surface area contributed by atoms with E-state index < -0.39 is 23.5 Å². The number of fused-ring (bicyclic) bond motifs is 1. The average Bonchev–Trinajstić information content (AvgIpc) is 2.84. The minimum atomic E-state index is -4.87. The van der Waals surface area contributed by atoms with Crippen LogP contribution < -0.4 is 11.1 Å². The monoisotopic (exact) mass is 389 g/mol. The Hall–Kier alpha value is -2.39. The molecule has 0 aliphatic rings. The predicted octanol–water partition coefficient (Wildman–Crippen LogP) is 4.94. The number of amides is 1. The number of nitrogen functional groups attached to an aromatic ring is 1. The molecule has 0 atom stereocenters. The van der Waals surface area contributed by atoms with Crippen molar-refractivity contribution in [2.75, 3.05) is 11.1 Å². The molecule has 130 valence electrons. The zero-order valence-corrected chi connectivity index (χ0v) is 13.7. The highest BCUT2D eigenvalue weighted by molar-refractivity contribution is 7.21. The number of hydrogen-bond acceptors (Lipinski definition) is 4. The molecule has 0 bridgehead atoms. The van der Waals surface area contributed by atoms with Crippen LogP contribution in [0, 0.1) is 5.82 Å². The van der Waals surface area contributed by atoms with Crippen molar-refractivity contribution in [2.24, 2.45) is 0 Å². The van der Waals surface area contributed by atoms with Gasteiger partial charge in [0.15, 0.2) is 0 Å². The van der Waals surface area contributed by atoms with Gasteiger partial charge in [0.1, 0.15) is 15.8 Å². The van der Waals surface area contributed by atoms with E-state index in [1.807, 2.05) is 0 Å². The number of nitrogens with zero attached hydrogens (tertiary/aromatic N) is 1. The smallest absolute Gasteiger partial charge is 0.397 e. The molecule has 0 spiro atoms. The number of thiophene rings is 1. The lowest BCUT2D eigenvalue weighted by Gasteiger charge is -2.10. The highest BCUT2D eigenvalue weighted by atomic mass is 35.5. The van der Waals surface area contributed by atoms with Crippen molar-refractivity contribution < 1.29 is 22.4 Å². The first kappa shape index (κ1) is 17.4. The van der Waals surface area contributed by atoms with E-state index in [1.54, 1.807) is 0 Å². The zero-order chi connectivity index (χ0) is 18.4. The standard InChI is InChI=1S/C15H8ClF4N3OS/c16-11-4-10-7(5-22-11)12(21)13(25-10)14(24)23-6-1-2-9(17)8(3-6)15(18,19)20/h1-5H,21H2,(H,23,24). The van der Waals surface area contributed by atoms with Gasteiger partial charge >= 0.3 is 6.18 Å². The quantitative estimate of drug-likeness (QED) is 0.481. The first-order chi connectivity index (χ1) is 11.7. The molecule has 0 fully saturated rings. The molecule has 3 aromatic rings. The third kappa shape index (κ3) is 3.38. The second kappa shape index (κ2) is 6.16. The Morgan fingerprint density at radius 1 is 1.28 bits per heavy atom. The highest BCUT2D eigenvalue weighted by Gasteiger charge is 2.34. The molecule has 0 radical (unpaired) electrons. The molecule has 3 rings (SSSR count). The molecule has 0 aliphatic heterocycles. The summed E-state index contributed by atoms with van der Waals surface area (Å²) in [6.07, 6.45) is -3.47. The summed E-state index contributed by atoms with van der Waals surface area (Å²) in [5, 5.41) is 3.01. The number of pyridine rings is 1. The number of carbonyl (C=O) groups is 1. The van der Waals surface area contributed by atoms with E-state index in [0.717, 1.165) is 17.4 Å². The lowest BCUT2D eigenvalue weighted by atomic mass is 10.1. The summed E-state index contributed by atoms with van der Waals surface area (Å²) in [6, 6.07) is 3.71. The Labute approximate surface area is 147 Å². The van der Waals surface area contributed by atoms with Crippen LogP contribution in [0.15, 0.2) is 30.5 Å². The topological polar surface area (TPSA) is 68.0 Å². The Morgan fingerprint density at radius 2 is 2.00 bits per heavy atom. The molecule has 0 saturated carbocycles. The molecule has 3 N–H and O–H groups in total. The summed E-state index contributed by atoms with van der Waals surface area (Å²) < 4.78 is 52.1. The first-order valence-corrected chi connectivity index (χ1v) is 7.88. The molecule has 1 aromatic carbocycles. The molecular formula is C15H8ClF4N3OS. The molecule has 25 heavy (non-hydrogen) atoms. The summed E-state index contributed by atoms with van der Waals surface area (Å²) in [5.74, 6) is -2.14. The number of rotatable bonds is 2. The van der Waals surface area contributed by atoms with Gasteiger partial charge in [0.25, 0.3) is 5.91 Å². The fraction of sp³-hybridized carbons (Fsp3) is 0.0667. The van der Waals surface area contributed by atoms with Gasteiger partial charge in [-0.25, -0.2) is 9.37 Å². The van der Waals surface area contributed by atoms with Crippen LogP contribution in [0.4, 0.5) is 28.9 Å². The third-order valence-electron chi connectivity index (χ3n) is 3.32. The van der Waals surface area contributed by atoms with Gasteiger partial charge in [0, 0.05) is 22.0 Å². The van der Waals surface area contributed by atoms with Crippen LogP contribution in [0.5, 0.6) is 0 Å². The average molecular weight is 390 g/mol. The molecule has 0 unspecified atom stereocenters. The van der Waals surface area contributed by atoms with E-state index in [2.05, 4.69) is 10.3 Å². The summed E-state index contributed by atoms with van der Waals surface area (Å²) >= 11 is 6.80. The normalized spacial score (nSPS) is 11.7. The van der Waals surface area contributed by atoms with Crippen LogP contribution in [0.25, 0.3) is 10.1 Å². The summed E-state index contributed by atoms with van der Waals surface area (Å²) in [7, 11) is 0. The summed E-state index contributed by atoms with van der Waals surface area (Å²) in [4.78, 5) is 16.3. The number of benzene rings is 1. The van der Waals surface area contributed by atoms with Crippen molar-refractivity contribution in [2.45, 2.75) is 6.18 Å². The van der Waals surface area contributed by atoms with E-state index in [1.165, 1.54) is 12.3 Å². The second-order valence-corrected chi connectivity index (χ2v) is 6.43. The minimum absolute atomic E-state index is 0.0944. The molecular weight excluding hydrogens is 382 g/mol. The van der Waals surface area contributed by atoms with Crippen molar-refractivity contribution in [3.8, 4) is 0 Å². The molecule has 0 saturated heterocycles. The Balaban J connectivity index is 1.94. The van der Waals surface area contributed by atoms with Gasteiger partial charge < -0.3 is 11.1 Å². The van der Waals surface area contributed by atoms with E-state index >= 15 is 0 Å². The number of nitrogens with two attached hydrogens (primary N) is 1. The van der Waals surface area contributed by atoms with Crippen molar-refractivity contribution >= 4 is 50.3 Å². The molecule has 0 aliphatic carbocycles. The fourth-order valence-corrected chi connectivity index (χ4v) is 3.41. The van der Waals surface area contributed by atoms with Crippen molar-refractivity contribution in [1.29, 1.82) is 0 Å². The third-order valence-corrected chi connectivity index (χ3v) is 4.69. The van der Waals surface area contributed by atoms with Gasteiger partial charge in [-0.3, -0.25) is 4.79 Å². The van der Waals surface area contributed by atoms with E-state index in [-0.39, 0.29) is 21.4 Å². The van der Waals surface area contributed by atoms with E-state index in [4.69, 9.17) is 17.3 Å². The van der Waals surface area contributed by atoms with Crippen molar-refractivity contribution in [3.05, 3.63) is 51.9 Å². The minimum Gasteiger partial charge on any atom is -0.397 e. The number of nitrogens with one attached hydrogen (secondary N) is 1. The number of aromatic nitrogens is 1. The van der Waals surface area contributed by atoms with Gasteiger partial charge in [-0.05, 0) is 24.3 Å². The molecule has 2 aromatic heterocycles. The Kier molecular flexibility index (Phi) is 4.29. The number of carbonyl (C=O) groups excluding carboxylic acids is 1. The maximum absolute atomic E-state index is 13.3. The lowest BCUT2D eigenvalue weighted by Crippen LogP contribution is -2.14. The number of anilines is 2. The van der Waals surface area contributed by atoms with Crippen LogP contribution in [0.2, 0.25) is 5.15 Å². The van der Waals surface area contributed by atoms with Gasteiger partial charge in [-0.2, -0.15) is 13.2 Å². The van der Waals surface area contributed by atoms with Crippen LogP contribution in [0.1, 0.15) is 15.2 Å². The van der Waals surface area contributed by atoms with Crippen molar-refractivity contribution in [3.63, 3.8) is 0 Å². The fourth-order valence-electron chi connectivity index (χ4n) is 2.16.